The van der Waals surface area contributed by atoms with E-state index in [1.165, 1.54) is 0 Å². The van der Waals surface area contributed by atoms with Crippen molar-refractivity contribution < 1.29 is 273 Å². The summed E-state index contributed by atoms with van der Waals surface area (Å²) < 4.78 is 46.8. The predicted molar refractivity (Wildman–Crippen MR) is 51.6 cm³/mol. The van der Waals surface area contributed by atoms with E-state index >= 15 is 0 Å². The number of aliphatic hydroxyl groups excluding tert-OH is 2. The molecule has 0 aliphatic carbocycles. The first-order valence-corrected chi connectivity index (χ1v) is 9.49. The third-order valence-corrected chi connectivity index (χ3v) is 4.68. The minimum atomic E-state index is -5.97. The van der Waals surface area contributed by atoms with Crippen molar-refractivity contribution in [1.29, 1.82) is 0 Å². The van der Waals surface area contributed by atoms with Crippen LogP contribution in [0.25, 0.3) is 0 Å². The van der Waals surface area contributed by atoms with Crippen LogP contribution in [0, 0.1) is 0 Å². The van der Waals surface area contributed by atoms with Gasteiger partial charge in [-0.05, 0) is 0 Å². The van der Waals surface area contributed by atoms with Gasteiger partial charge in [-0.25, -0.2) is 0 Å². The molecule has 0 amide bonds. The molecule has 1 aliphatic rings. The Labute approximate surface area is 321 Å². The van der Waals surface area contributed by atoms with Crippen LogP contribution in [0.3, 0.4) is 0 Å². The summed E-state index contributed by atoms with van der Waals surface area (Å²) in [5.41, 5.74) is 0. The minimum absolute atomic E-state index is 0. The maximum absolute atomic E-state index is 11.0. The molecule has 0 radical (unpaired) electrons. The number of aliphatic hydroxyl groups is 2. The fourth-order valence-electron chi connectivity index (χ4n) is 1.37. The summed E-state index contributed by atoms with van der Waals surface area (Å²) in [7, 11) is -17.2. The molecule has 5 atom stereocenters. The van der Waals surface area contributed by atoms with E-state index in [0.717, 1.165) is 0 Å². The molecule has 1 rings (SSSR count). The number of hydrogen-bond acceptors (Lipinski definition) is 14. The fourth-order valence-corrected chi connectivity index (χ4v) is 3.27. The number of phosphoric acid groups is 3. The molecule has 1 unspecified atom stereocenters. The third kappa shape index (κ3) is 24.1. The van der Waals surface area contributed by atoms with Crippen LogP contribution in [-0.2, 0) is 31.8 Å². The van der Waals surface area contributed by atoms with E-state index in [4.69, 9.17) is 0 Å². The molecule has 1 heterocycles. The van der Waals surface area contributed by atoms with Gasteiger partial charge in [0.2, 0.25) is 0 Å². The Balaban J connectivity index is -0.000000138. The summed E-state index contributed by atoms with van der Waals surface area (Å²) in [5.74, 6) is 0. The number of rotatable bonds is 7. The van der Waals surface area contributed by atoms with Gasteiger partial charge >= 0.3 is 207 Å². The van der Waals surface area contributed by atoms with Gasteiger partial charge in [-0.2, -0.15) is 0 Å². The van der Waals surface area contributed by atoms with Crippen molar-refractivity contribution in [3.8, 4) is 0 Å². The average Bonchev–Trinajstić information content (AvgIpc) is 2.49. The summed E-state index contributed by atoms with van der Waals surface area (Å²) in [4.78, 5) is 51.9. The van der Waals surface area contributed by atoms with Gasteiger partial charge in [0.05, 0.1) is 22.3 Å². The Morgan fingerprint density at radius 3 is 1.52 bits per heavy atom. The smallest absolute Gasteiger partial charge is 0.790 e. The van der Waals surface area contributed by atoms with Crippen molar-refractivity contribution in [2.24, 2.45) is 0 Å². The second kappa shape index (κ2) is 23.2. The van der Waals surface area contributed by atoms with Gasteiger partial charge in [-0.15, -0.1) is 0 Å². The van der Waals surface area contributed by atoms with Gasteiger partial charge in [-0.3, -0.25) is 13.4 Å². The second-order valence-electron chi connectivity index (χ2n) is 3.85. The predicted octanol–water partition coefficient (Wildman–Crippen LogP) is -26.4. The van der Waals surface area contributed by atoms with Crippen LogP contribution in [0.2, 0.25) is 0 Å². The van der Waals surface area contributed by atoms with Crippen molar-refractivity contribution >= 4 is 23.5 Å². The Kier molecular flexibility index (Phi) is 42.1. The van der Waals surface area contributed by atoms with Crippen molar-refractivity contribution in [3.63, 3.8) is 0 Å². The SMILES string of the molecule is O=P([O-])([O-])OC[C@H]1O[C@H](OP(=O)([O-])OP(=O)([O-])[O-])[C@H](O)[C@@H]1O.[Na+].[Na+].[Na+].[Na+].[Na+].[Na+].[Na+]. The molecule has 1 aliphatic heterocycles. The van der Waals surface area contributed by atoms with Crippen LogP contribution in [0.1, 0.15) is 0 Å². The molecule has 132 valence electrons. The molecule has 0 aromatic heterocycles. The molecule has 0 aromatic rings. The van der Waals surface area contributed by atoms with Crippen molar-refractivity contribution in [2.75, 3.05) is 6.61 Å². The molecular formula is C5H8Na7O14P3+2. The van der Waals surface area contributed by atoms with E-state index in [1.807, 2.05) is 0 Å². The van der Waals surface area contributed by atoms with Crippen LogP contribution in [0.15, 0.2) is 0 Å². The van der Waals surface area contributed by atoms with E-state index < -0.39 is 54.7 Å². The van der Waals surface area contributed by atoms with Crippen LogP contribution in [-0.4, -0.2) is 41.4 Å². The van der Waals surface area contributed by atoms with Gasteiger partial charge in [-0.1, -0.05) is 0 Å². The molecule has 24 heteroatoms. The third-order valence-electron chi connectivity index (χ3n) is 2.15. The topological polar surface area (TPSA) is 244 Å². The molecule has 0 spiro atoms. The minimum Gasteiger partial charge on any atom is -0.790 e. The van der Waals surface area contributed by atoms with E-state index in [-0.39, 0.29) is 207 Å². The number of ether oxygens (including phenoxy) is 1. The summed E-state index contributed by atoms with van der Waals surface area (Å²) in [6.07, 6.45) is -7.96. The Morgan fingerprint density at radius 2 is 1.17 bits per heavy atom. The Bertz CT molecular complexity index is 544. The summed E-state index contributed by atoms with van der Waals surface area (Å²) in [6, 6.07) is 0. The molecule has 1 fully saturated rings. The summed E-state index contributed by atoms with van der Waals surface area (Å²) >= 11 is 0. The van der Waals surface area contributed by atoms with Crippen molar-refractivity contribution in [3.05, 3.63) is 0 Å². The average molecular weight is 546 g/mol. The van der Waals surface area contributed by atoms with Crippen LogP contribution in [0.5, 0.6) is 0 Å². The van der Waals surface area contributed by atoms with Gasteiger partial charge < -0.3 is 53.1 Å². The molecule has 0 saturated carbocycles. The van der Waals surface area contributed by atoms with Gasteiger partial charge in [0.25, 0.3) is 7.82 Å². The fraction of sp³-hybridized carbons (Fsp3) is 1.00. The quantitative estimate of drug-likeness (QED) is 0.223. The van der Waals surface area contributed by atoms with Crippen molar-refractivity contribution in [1.82, 2.24) is 0 Å². The maximum atomic E-state index is 11.0. The van der Waals surface area contributed by atoms with E-state index in [0.29, 0.717) is 0 Å². The zero-order chi connectivity index (χ0) is 17.3. The molecule has 1 saturated heterocycles. The molecule has 0 bridgehead atoms. The zero-order valence-electron chi connectivity index (χ0n) is 17.2. The van der Waals surface area contributed by atoms with Gasteiger partial charge in [0.1, 0.15) is 18.3 Å². The molecule has 2 N–H and O–H groups in total. The standard InChI is InChI=1S/C5H13O14P3.7Na/c6-3-2(1-16-20(8,9)10)17-5(4(3)7)18-22(14,15)19-21(11,12)13;;;;;;;/h2-7H,1H2,(H,14,15)(H2,8,9,10)(H2,11,12,13);;;;;;;/q;7*+1/p-5/t2-,3-,4-,5-;;;;;;;/m1......./s1. The summed E-state index contributed by atoms with van der Waals surface area (Å²) in [6.45, 7) is -1.08. The largest absolute Gasteiger partial charge is 1.00 e. The van der Waals surface area contributed by atoms with Crippen LogP contribution in [0.4, 0.5) is 0 Å². The summed E-state index contributed by atoms with van der Waals surface area (Å²) in [5, 5.41) is 18.8. The van der Waals surface area contributed by atoms with E-state index in [1.54, 1.807) is 0 Å². The molecule has 29 heavy (non-hydrogen) atoms. The first kappa shape index (κ1) is 52.6. The van der Waals surface area contributed by atoms with Gasteiger partial charge in [0.15, 0.2) is 6.29 Å². The molecule has 14 nitrogen and oxygen atoms in total. The zero-order valence-corrected chi connectivity index (χ0v) is 33.8. The number of phosphoric ester groups is 2. The van der Waals surface area contributed by atoms with E-state index in [9.17, 15) is 48.4 Å². The normalized spacial score (nSPS) is 24.9. The first-order valence-electron chi connectivity index (χ1n) is 5.11. The van der Waals surface area contributed by atoms with Crippen LogP contribution >= 0.6 is 23.5 Å². The number of hydrogen-bond donors (Lipinski definition) is 2. The van der Waals surface area contributed by atoms with Crippen LogP contribution < -0.4 is 231 Å². The second-order valence-corrected chi connectivity index (χ2v) is 7.65. The van der Waals surface area contributed by atoms with E-state index in [2.05, 4.69) is 18.1 Å². The Hall–Kier alpha value is 7.25. The monoisotopic (exact) mass is 546 g/mol. The first-order chi connectivity index (χ1) is 9.70. The molecular weight excluding hydrogens is 538 g/mol. The Morgan fingerprint density at radius 1 is 0.759 bits per heavy atom. The maximum Gasteiger partial charge on any atom is 1.00 e. The molecule has 0 aromatic carbocycles. The van der Waals surface area contributed by atoms with Gasteiger partial charge in [0, 0.05) is 0 Å². The van der Waals surface area contributed by atoms with Crippen molar-refractivity contribution in [2.45, 2.75) is 24.6 Å².